The van der Waals surface area contributed by atoms with Gasteiger partial charge >= 0.3 is 8.60 Å². The summed E-state index contributed by atoms with van der Waals surface area (Å²) in [6, 6.07) is 0. The second kappa shape index (κ2) is 2.95. The zero-order chi connectivity index (χ0) is 4.28. The molecule has 5 heavy (non-hydrogen) atoms. The topological polar surface area (TPSA) is 49.7 Å². The molecule has 32 valence electrons. The van der Waals surface area contributed by atoms with Crippen LogP contribution in [0, 0.1) is 0 Å². The van der Waals surface area contributed by atoms with Gasteiger partial charge in [0, 0.05) is 9.47 Å². The molecule has 0 rings (SSSR count). The summed E-state index contributed by atoms with van der Waals surface area (Å²) in [5, 5.41) is 0. The fourth-order valence-electron chi connectivity index (χ4n) is 0. The quantitative estimate of drug-likeness (QED) is 0.472. The third kappa shape index (κ3) is 4.74. The van der Waals surface area contributed by atoms with Gasteiger partial charge in [-0.2, -0.15) is 0 Å². The van der Waals surface area contributed by atoms with Crippen LogP contribution in [0.1, 0.15) is 0 Å². The maximum absolute atomic E-state index is 7.74. The Morgan fingerprint density at radius 3 is 1.80 bits per heavy atom. The first-order valence-corrected chi connectivity index (χ1v) is 2.45. The van der Waals surface area contributed by atoms with Crippen LogP contribution >= 0.6 is 18.1 Å². The predicted molar refractivity (Wildman–Crippen MR) is 22.2 cm³/mol. The monoisotopic (exact) mass is 114 g/mol. The van der Waals surface area contributed by atoms with E-state index in [0.29, 0.717) is 0 Å². The SMILES string of the molecule is OP(O)OP. The average molecular weight is 114 g/mol. The minimum absolute atomic E-state index is 1.72. The zero-order valence-electron chi connectivity index (χ0n) is 2.33. The molecule has 1 atom stereocenters. The van der Waals surface area contributed by atoms with Crippen LogP contribution in [0.4, 0.5) is 0 Å². The molecule has 0 saturated carbocycles. The van der Waals surface area contributed by atoms with Gasteiger partial charge in [0.15, 0.2) is 0 Å². The van der Waals surface area contributed by atoms with Gasteiger partial charge in [-0.3, -0.25) is 4.31 Å². The number of hydrogen-bond donors (Lipinski definition) is 2. The van der Waals surface area contributed by atoms with Gasteiger partial charge in [-0.25, -0.2) is 0 Å². The van der Waals surface area contributed by atoms with E-state index in [2.05, 4.69) is 4.31 Å². The smallest absolute Gasteiger partial charge is 0.328 e. The van der Waals surface area contributed by atoms with Crippen LogP contribution in [0.2, 0.25) is 0 Å². The predicted octanol–water partition coefficient (Wildman–Crippen LogP) is 0.00460. The summed E-state index contributed by atoms with van der Waals surface area (Å²) in [6.07, 6.45) is 0. The van der Waals surface area contributed by atoms with Crippen LogP contribution in [-0.2, 0) is 4.31 Å². The highest BCUT2D eigenvalue weighted by Crippen LogP contribution is 2.26. The first kappa shape index (κ1) is 5.74. The van der Waals surface area contributed by atoms with E-state index in [0.717, 1.165) is 0 Å². The van der Waals surface area contributed by atoms with Crippen molar-refractivity contribution in [3.63, 3.8) is 0 Å². The average Bonchev–Trinajstić information content (AvgIpc) is 1.38. The Balaban J connectivity index is 2.54. The van der Waals surface area contributed by atoms with E-state index < -0.39 is 8.60 Å². The summed E-state index contributed by atoms with van der Waals surface area (Å²) >= 11 is 0. The third-order valence-corrected chi connectivity index (χ3v) is 0.849. The number of hydrogen-bond acceptors (Lipinski definition) is 3. The zero-order valence-corrected chi connectivity index (χ0v) is 4.38. The molecule has 0 radical (unpaired) electrons. The molecule has 0 aromatic carbocycles. The van der Waals surface area contributed by atoms with Crippen molar-refractivity contribution in [2.24, 2.45) is 0 Å². The van der Waals surface area contributed by atoms with Crippen molar-refractivity contribution in [2.45, 2.75) is 0 Å². The normalized spacial score (nSPS) is 9.60. The molecule has 1 unspecified atom stereocenters. The van der Waals surface area contributed by atoms with Crippen LogP contribution in [0.25, 0.3) is 0 Å². The standard InChI is InChI=1S/H4O3P2/c1-5(2)3-4/h1-2H,4H2. The lowest BCUT2D eigenvalue weighted by atomic mass is 15.8. The summed E-state index contributed by atoms with van der Waals surface area (Å²) in [7, 11) is -0.412. The summed E-state index contributed by atoms with van der Waals surface area (Å²) in [5.74, 6) is 0. The van der Waals surface area contributed by atoms with Crippen molar-refractivity contribution >= 4 is 18.1 Å². The van der Waals surface area contributed by atoms with Gasteiger partial charge in [0.2, 0.25) is 0 Å². The van der Waals surface area contributed by atoms with E-state index in [1.165, 1.54) is 0 Å². The second-order valence-electron chi connectivity index (χ2n) is 0.358. The third-order valence-electron chi connectivity index (χ3n) is 0.0943. The molecular formula is H4O3P2. The Labute approximate surface area is 33.3 Å². The largest absolute Gasteiger partial charge is 0.329 e. The summed E-state index contributed by atoms with van der Waals surface area (Å²) in [5.41, 5.74) is 0. The highest BCUT2D eigenvalue weighted by Gasteiger charge is 1.86. The lowest BCUT2D eigenvalue weighted by molar-refractivity contribution is 0.397. The van der Waals surface area contributed by atoms with Gasteiger partial charge in [0.25, 0.3) is 0 Å². The van der Waals surface area contributed by atoms with Crippen molar-refractivity contribution < 1.29 is 14.1 Å². The van der Waals surface area contributed by atoms with Gasteiger partial charge in [-0.15, -0.1) is 0 Å². The van der Waals surface area contributed by atoms with Crippen LogP contribution in [0.3, 0.4) is 0 Å². The van der Waals surface area contributed by atoms with E-state index in [9.17, 15) is 0 Å². The Bertz CT molecular complexity index is 18.9. The van der Waals surface area contributed by atoms with Crippen LogP contribution in [0.5, 0.6) is 0 Å². The van der Waals surface area contributed by atoms with Gasteiger partial charge < -0.3 is 9.79 Å². The first-order chi connectivity index (χ1) is 2.27. The molecule has 0 amide bonds. The minimum atomic E-state index is -2.14. The van der Waals surface area contributed by atoms with E-state index in [1.54, 1.807) is 9.47 Å². The maximum Gasteiger partial charge on any atom is 0.329 e. The molecule has 0 bridgehead atoms. The summed E-state index contributed by atoms with van der Waals surface area (Å²) < 4.78 is 3.84. The Morgan fingerprint density at radius 1 is 1.60 bits per heavy atom. The first-order valence-electron chi connectivity index (χ1n) is 0.818. The molecule has 5 heteroatoms. The lowest BCUT2D eigenvalue weighted by Gasteiger charge is -1.89. The van der Waals surface area contributed by atoms with E-state index in [-0.39, 0.29) is 0 Å². The van der Waals surface area contributed by atoms with Crippen molar-refractivity contribution in [2.75, 3.05) is 0 Å². The molecule has 0 spiro atoms. The molecular weight excluding hydrogens is 110 g/mol. The molecule has 0 aromatic rings. The fraction of sp³-hybridized carbons (Fsp3) is 0. The molecule has 0 aliphatic rings. The van der Waals surface area contributed by atoms with Gasteiger partial charge in [0.05, 0.1) is 0 Å². The fourth-order valence-corrected chi connectivity index (χ4v) is 0. The van der Waals surface area contributed by atoms with Crippen LogP contribution in [0.15, 0.2) is 0 Å². The van der Waals surface area contributed by atoms with E-state index in [4.69, 9.17) is 9.79 Å². The summed E-state index contributed by atoms with van der Waals surface area (Å²) in [4.78, 5) is 15.5. The molecule has 0 aromatic heterocycles. The van der Waals surface area contributed by atoms with Crippen molar-refractivity contribution in [3.8, 4) is 0 Å². The summed E-state index contributed by atoms with van der Waals surface area (Å²) in [6.45, 7) is 0. The van der Waals surface area contributed by atoms with E-state index >= 15 is 0 Å². The number of rotatable bonds is 1. The molecule has 0 heterocycles. The highest BCUT2D eigenvalue weighted by atomic mass is 31.2. The molecule has 0 aliphatic carbocycles. The Hall–Kier alpha value is 0.740. The molecule has 0 saturated heterocycles. The van der Waals surface area contributed by atoms with E-state index in [1.807, 2.05) is 0 Å². The maximum atomic E-state index is 7.74. The van der Waals surface area contributed by atoms with Gasteiger partial charge in [0.1, 0.15) is 0 Å². The second-order valence-corrected chi connectivity index (χ2v) is 1.71. The van der Waals surface area contributed by atoms with Crippen LogP contribution in [-0.4, -0.2) is 9.79 Å². The molecule has 0 aliphatic heterocycles. The minimum Gasteiger partial charge on any atom is -0.328 e. The lowest BCUT2D eigenvalue weighted by Crippen LogP contribution is -1.58. The van der Waals surface area contributed by atoms with Crippen molar-refractivity contribution in [3.05, 3.63) is 0 Å². The van der Waals surface area contributed by atoms with Crippen LogP contribution < -0.4 is 0 Å². The Kier molecular flexibility index (Phi) is 3.39. The molecule has 3 nitrogen and oxygen atoms in total. The van der Waals surface area contributed by atoms with Gasteiger partial charge in [-0.1, -0.05) is 0 Å². The highest BCUT2D eigenvalue weighted by molar-refractivity contribution is 7.45. The van der Waals surface area contributed by atoms with Crippen molar-refractivity contribution in [1.29, 1.82) is 0 Å². The van der Waals surface area contributed by atoms with Crippen molar-refractivity contribution in [1.82, 2.24) is 0 Å². The molecule has 0 fully saturated rings. The Morgan fingerprint density at radius 2 is 1.80 bits per heavy atom. The van der Waals surface area contributed by atoms with Gasteiger partial charge in [-0.05, 0) is 0 Å². The molecule has 2 N–H and O–H groups in total.